The van der Waals surface area contributed by atoms with Gasteiger partial charge in [0.2, 0.25) is 16.5 Å². The summed E-state index contributed by atoms with van der Waals surface area (Å²) in [6, 6.07) is 2.05. The smallest absolute Gasteiger partial charge is 0.232 e. The lowest BCUT2D eigenvalue weighted by atomic mass is 10.2. The summed E-state index contributed by atoms with van der Waals surface area (Å²) in [7, 11) is 0. The minimum atomic E-state index is -0.637. The van der Waals surface area contributed by atoms with Crippen LogP contribution in [-0.4, -0.2) is 15.0 Å². The zero-order valence-electron chi connectivity index (χ0n) is 9.01. The van der Waals surface area contributed by atoms with Gasteiger partial charge in [-0.1, -0.05) is 0 Å². The predicted molar refractivity (Wildman–Crippen MR) is 64.2 cm³/mol. The minimum absolute atomic E-state index is 0.0675. The lowest BCUT2D eigenvalue weighted by molar-refractivity contribution is 0.595. The molecule has 1 heterocycles. The first-order valence-corrected chi connectivity index (χ1v) is 5.51. The SMILES string of the molecule is Cc1cc(F)c(Nc2nc(Cl)nc(Cl)n2)cc1F. The third-order valence-corrected chi connectivity index (χ3v) is 2.41. The highest BCUT2D eigenvalue weighted by Crippen LogP contribution is 2.22. The third-order valence-electron chi connectivity index (χ3n) is 2.08. The molecule has 0 atom stereocenters. The Bertz CT molecular complexity index is 586. The van der Waals surface area contributed by atoms with E-state index in [1.54, 1.807) is 0 Å². The molecular weight excluding hydrogens is 285 g/mol. The monoisotopic (exact) mass is 290 g/mol. The minimum Gasteiger partial charge on any atom is -0.321 e. The van der Waals surface area contributed by atoms with Crippen LogP contribution in [0.2, 0.25) is 10.6 Å². The molecule has 0 saturated heterocycles. The number of hydrogen-bond acceptors (Lipinski definition) is 4. The van der Waals surface area contributed by atoms with E-state index in [1.807, 2.05) is 0 Å². The molecule has 94 valence electrons. The number of aromatic nitrogens is 3. The van der Waals surface area contributed by atoms with Crippen molar-refractivity contribution in [1.29, 1.82) is 0 Å². The lowest BCUT2D eigenvalue weighted by Gasteiger charge is -2.07. The molecular formula is C10H6Cl2F2N4. The Kier molecular flexibility index (Phi) is 3.58. The van der Waals surface area contributed by atoms with Crippen LogP contribution in [0.15, 0.2) is 12.1 Å². The van der Waals surface area contributed by atoms with E-state index < -0.39 is 11.6 Å². The Hall–Kier alpha value is -1.53. The molecule has 0 aliphatic heterocycles. The molecule has 0 unspecified atom stereocenters. The van der Waals surface area contributed by atoms with Gasteiger partial charge in [-0.25, -0.2) is 8.78 Å². The molecule has 4 nitrogen and oxygen atoms in total. The molecule has 0 radical (unpaired) electrons. The van der Waals surface area contributed by atoms with Gasteiger partial charge in [0.25, 0.3) is 0 Å². The summed E-state index contributed by atoms with van der Waals surface area (Å²) >= 11 is 11.1. The lowest BCUT2D eigenvalue weighted by Crippen LogP contribution is -2.02. The van der Waals surface area contributed by atoms with Gasteiger partial charge in [-0.2, -0.15) is 15.0 Å². The van der Waals surface area contributed by atoms with Crippen LogP contribution >= 0.6 is 23.2 Å². The Morgan fingerprint density at radius 3 is 2.22 bits per heavy atom. The summed E-state index contributed by atoms with van der Waals surface area (Å²) in [6.07, 6.45) is 0. The fraction of sp³-hybridized carbons (Fsp3) is 0.100. The van der Waals surface area contributed by atoms with Gasteiger partial charge in [-0.05, 0) is 41.8 Å². The highest BCUT2D eigenvalue weighted by atomic mass is 35.5. The summed E-state index contributed by atoms with van der Waals surface area (Å²) in [5.41, 5.74) is 0.0844. The van der Waals surface area contributed by atoms with Crippen LogP contribution < -0.4 is 5.32 Å². The van der Waals surface area contributed by atoms with E-state index in [0.717, 1.165) is 12.1 Å². The highest BCUT2D eigenvalue weighted by molar-refractivity contribution is 6.31. The molecule has 0 aliphatic carbocycles. The summed E-state index contributed by atoms with van der Waals surface area (Å²) in [5.74, 6) is -1.26. The second kappa shape index (κ2) is 4.99. The fourth-order valence-corrected chi connectivity index (χ4v) is 1.61. The maximum Gasteiger partial charge on any atom is 0.232 e. The first-order chi connectivity index (χ1) is 8.45. The van der Waals surface area contributed by atoms with Crippen molar-refractivity contribution in [3.05, 3.63) is 39.9 Å². The van der Waals surface area contributed by atoms with Gasteiger partial charge in [0, 0.05) is 6.07 Å². The molecule has 1 N–H and O–H groups in total. The van der Waals surface area contributed by atoms with Crippen molar-refractivity contribution >= 4 is 34.8 Å². The molecule has 18 heavy (non-hydrogen) atoms. The molecule has 8 heteroatoms. The van der Waals surface area contributed by atoms with E-state index in [1.165, 1.54) is 6.92 Å². The molecule has 0 amide bonds. The van der Waals surface area contributed by atoms with Crippen LogP contribution in [0.3, 0.4) is 0 Å². The van der Waals surface area contributed by atoms with Crippen molar-refractivity contribution in [1.82, 2.24) is 15.0 Å². The first-order valence-electron chi connectivity index (χ1n) is 4.75. The van der Waals surface area contributed by atoms with Gasteiger partial charge >= 0.3 is 0 Å². The summed E-state index contributed by atoms with van der Waals surface area (Å²) in [6.45, 7) is 1.46. The molecule has 0 bridgehead atoms. The largest absolute Gasteiger partial charge is 0.321 e. The second-order valence-corrected chi connectivity index (χ2v) is 4.08. The summed E-state index contributed by atoms with van der Waals surface area (Å²) < 4.78 is 26.9. The van der Waals surface area contributed by atoms with Crippen LogP contribution in [-0.2, 0) is 0 Å². The zero-order valence-corrected chi connectivity index (χ0v) is 10.5. The first kappa shape index (κ1) is 12.9. The number of benzene rings is 1. The van der Waals surface area contributed by atoms with E-state index in [-0.39, 0.29) is 27.8 Å². The molecule has 2 aromatic rings. The maximum atomic E-state index is 13.6. The van der Waals surface area contributed by atoms with Crippen molar-refractivity contribution in [3.8, 4) is 0 Å². The van der Waals surface area contributed by atoms with Crippen molar-refractivity contribution in [2.45, 2.75) is 6.92 Å². The normalized spacial score (nSPS) is 10.5. The Balaban J connectivity index is 2.36. The van der Waals surface area contributed by atoms with Crippen LogP contribution in [0, 0.1) is 18.6 Å². The number of anilines is 2. The van der Waals surface area contributed by atoms with Crippen LogP contribution in [0.4, 0.5) is 20.4 Å². The van der Waals surface area contributed by atoms with Crippen molar-refractivity contribution in [2.24, 2.45) is 0 Å². The standard InChI is InChI=1S/C10H6Cl2F2N4/c1-4-2-6(14)7(3-5(4)13)15-10-17-8(11)16-9(12)18-10/h2-3H,1H3,(H,15,16,17,18). The zero-order chi connectivity index (χ0) is 13.3. The topological polar surface area (TPSA) is 50.7 Å². The van der Waals surface area contributed by atoms with E-state index >= 15 is 0 Å². The van der Waals surface area contributed by atoms with Crippen molar-refractivity contribution in [3.63, 3.8) is 0 Å². The van der Waals surface area contributed by atoms with Crippen LogP contribution in [0.1, 0.15) is 5.56 Å². The Labute approximate surface area is 111 Å². The second-order valence-electron chi connectivity index (χ2n) is 3.40. The highest BCUT2D eigenvalue weighted by Gasteiger charge is 2.10. The van der Waals surface area contributed by atoms with Crippen molar-refractivity contribution in [2.75, 3.05) is 5.32 Å². The predicted octanol–water partition coefficient (Wildman–Crippen LogP) is 3.51. The number of rotatable bonds is 2. The molecule has 2 rings (SSSR count). The molecule has 0 fully saturated rings. The van der Waals surface area contributed by atoms with E-state index in [0.29, 0.717) is 0 Å². The number of hydrogen-bond donors (Lipinski definition) is 1. The average Bonchev–Trinajstić information content (AvgIpc) is 2.24. The number of halogens is 4. The van der Waals surface area contributed by atoms with Gasteiger partial charge in [-0.3, -0.25) is 0 Å². The Morgan fingerprint density at radius 1 is 1.00 bits per heavy atom. The van der Waals surface area contributed by atoms with E-state index in [4.69, 9.17) is 23.2 Å². The van der Waals surface area contributed by atoms with Gasteiger partial charge in [0.05, 0.1) is 5.69 Å². The maximum absolute atomic E-state index is 13.6. The molecule has 1 aromatic carbocycles. The number of nitrogens with zero attached hydrogens (tertiary/aromatic N) is 3. The van der Waals surface area contributed by atoms with Gasteiger partial charge in [-0.15, -0.1) is 0 Å². The average molecular weight is 291 g/mol. The van der Waals surface area contributed by atoms with Gasteiger partial charge < -0.3 is 5.32 Å². The number of aryl methyl sites for hydroxylation is 1. The molecule has 1 aromatic heterocycles. The quantitative estimate of drug-likeness (QED) is 0.920. The summed E-state index contributed by atoms with van der Waals surface area (Å²) in [5, 5.41) is 2.18. The van der Waals surface area contributed by atoms with Crippen molar-refractivity contribution < 1.29 is 8.78 Å². The van der Waals surface area contributed by atoms with Crippen LogP contribution in [0.25, 0.3) is 0 Å². The van der Waals surface area contributed by atoms with Gasteiger partial charge in [0.15, 0.2) is 0 Å². The third kappa shape index (κ3) is 2.83. The molecule has 0 saturated carbocycles. The molecule has 0 spiro atoms. The molecule has 0 aliphatic rings. The van der Waals surface area contributed by atoms with E-state index in [9.17, 15) is 8.78 Å². The summed E-state index contributed by atoms with van der Waals surface area (Å²) in [4.78, 5) is 10.9. The fourth-order valence-electron chi connectivity index (χ4n) is 1.24. The van der Waals surface area contributed by atoms with Crippen LogP contribution in [0.5, 0.6) is 0 Å². The van der Waals surface area contributed by atoms with Gasteiger partial charge in [0.1, 0.15) is 11.6 Å². The Morgan fingerprint density at radius 2 is 1.61 bits per heavy atom. The van der Waals surface area contributed by atoms with E-state index in [2.05, 4.69) is 20.3 Å². The number of nitrogens with one attached hydrogen (secondary N) is 1.